The number of unbranched alkanes of at least 4 members (excludes halogenated alkanes) is 25. The van der Waals surface area contributed by atoms with Crippen LogP contribution in [0.25, 0.3) is 0 Å². The molecule has 1 aliphatic rings. The topological polar surface area (TPSA) is 149 Å². The van der Waals surface area contributed by atoms with E-state index in [2.05, 4.69) is 43.5 Å². The first-order valence-electron chi connectivity index (χ1n) is 23.7. The first-order chi connectivity index (χ1) is 27.8. The van der Waals surface area contributed by atoms with Crippen LogP contribution >= 0.6 is 0 Å². The first kappa shape index (κ1) is 53.4. The van der Waals surface area contributed by atoms with Crippen molar-refractivity contribution in [2.75, 3.05) is 13.2 Å². The fraction of sp³-hybridized carbons (Fsp3) is 0.854. The number of nitrogens with one attached hydrogen (secondary N) is 1. The lowest BCUT2D eigenvalue weighted by atomic mass is 9.99. The van der Waals surface area contributed by atoms with Crippen LogP contribution < -0.4 is 5.32 Å². The first-order valence-corrected chi connectivity index (χ1v) is 23.7. The van der Waals surface area contributed by atoms with E-state index in [1.165, 1.54) is 135 Å². The minimum absolute atomic E-state index is 0.192. The summed E-state index contributed by atoms with van der Waals surface area (Å²) in [6, 6.07) is -0.822. The predicted molar refractivity (Wildman–Crippen MR) is 235 cm³/mol. The molecule has 6 N–H and O–H groups in total. The summed E-state index contributed by atoms with van der Waals surface area (Å²) in [6.07, 6.45) is 40.4. The van der Waals surface area contributed by atoms with Gasteiger partial charge in [0, 0.05) is 6.42 Å². The average molecular weight is 808 g/mol. The molecule has 1 saturated heterocycles. The highest BCUT2D eigenvalue weighted by molar-refractivity contribution is 5.76. The van der Waals surface area contributed by atoms with Crippen LogP contribution in [0.1, 0.15) is 206 Å². The standard InChI is InChI=1S/C48H89NO8/c1-3-5-7-9-11-13-15-17-19-21-23-25-27-29-31-33-35-37-42(51)41(40-56-48-47(55)46(54)45(53)43(39-50)57-48)49-44(52)38-36-34-32-30-28-26-24-22-20-18-16-14-12-10-8-6-4-2/h18,20,27,29,35,37,41-43,45-48,50-51,53-55H,3-17,19,21-26,28,30-34,36,38-40H2,1-2H3,(H,49,52)/b20-18+,29-27+,37-35+/t41-,42+,43-,45-,46?,47?,48-/m0/s1. The van der Waals surface area contributed by atoms with Crippen molar-refractivity contribution < 1.29 is 39.8 Å². The fourth-order valence-electron chi connectivity index (χ4n) is 7.34. The Bertz CT molecular complexity index is 987. The lowest BCUT2D eigenvalue weighted by Gasteiger charge is -2.40. The number of aliphatic hydroxyl groups excluding tert-OH is 5. The summed E-state index contributed by atoms with van der Waals surface area (Å²) in [5.74, 6) is -0.192. The number of rotatable bonds is 39. The molecule has 0 radical (unpaired) electrons. The third kappa shape index (κ3) is 29.3. The van der Waals surface area contributed by atoms with Gasteiger partial charge in [-0.3, -0.25) is 4.79 Å². The summed E-state index contributed by atoms with van der Waals surface area (Å²) >= 11 is 0. The second kappa shape index (κ2) is 38.6. The van der Waals surface area contributed by atoms with E-state index in [9.17, 15) is 30.3 Å². The van der Waals surface area contributed by atoms with Crippen molar-refractivity contribution in [2.45, 2.75) is 249 Å². The van der Waals surface area contributed by atoms with E-state index in [1.54, 1.807) is 6.08 Å². The van der Waals surface area contributed by atoms with Crippen molar-refractivity contribution in [1.29, 1.82) is 0 Å². The highest BCUT2D eigenvalue weighted by atomic mass is 16.7. The average Bonchev–Trinajstić information content (AvgIpc) is 3.21. The van der Waals surface area contributed by atoms with Crippen molar-refractivity contribution in [3.05, 3.63) is 36.5 Å². The zero-order valence-electron chi connectivity index (χ0n) is 36.6. The number of carbonyl (C=O) groups excluding carboxylic acids is 1. The van der Waals surface area contributed by atoms with Gasteiger partial charge in [-0.2, -0.15) is 0 Å². The fourth-order valence-corrected chi connectivity index (χ4v) is 7.34. The van der Waals surface area contributed by atoms with E-state index in [-0.39, 0.29) is 12.5 Å². The maximum Gasteiger partial charge on any atom is 0.220 e. The van der Waals surface area contributed by atoms with E-state index in [1.807, 2.05) is 6.08 Å². The number of ether oxygens (including phenoxy) is 2. The molecule has 0 bridgehead atoms. The molecule has 0 saturated carbocycles. The highest BCUT2D eigenvalue weighted by Crippen LogP contribution is 2.22. The van der Waals surface area contributed by atoms with Crippen molar-refractivity contribution >= 4 is 5.91 Å². The van der Waals surface area contributed by atoms with Crippen LogP contribution in [0.4, 0.5) is 0 Å². The molecule has 57 heavy (non-hydrogen) atoms. The lowest BCUT2D eigenvalue weighted by Crippen LogP contribution is -2.60. The summed E-state index contributed by atoms with van der Waals surface area (Å²) in [5.41, 5.74) is 0. The van der Waals surface area contributed by atoms with E-state index in [4.69, 9.17) is 9.47 Å². The van der Waals surface area contributed by atoms with Crippen LogP contribution in [0.15, 0.2) is 36.5 Å². The summed E-state index contributed by atoms with van der Waals surface area (Å²) < 4.78 is 11.2. The van der Waals surface area contributed by atoms with Gasteiger partial charge in [0.25, 0.3) is 0 Å². The molecule has 1 rings (SSSR count). The molecule has 0 spiro atoms. The van der Waals surface area contributed by atoms with E-state index < -0.39 is 49.5 Å². The van der Waals surface area contributed by atoms with Crippen LogP contribution in [0.2, 0.25) is 0 Å². The Labute approximate surface area is 349 Å². The van der Waals surface area contributed by atoms with Gasteiger partial charge < -0.3 is 40.3 Å². The Morgan fingerprint density at radius 1 is 0.579 bits per heavy atom. The molecule has 1 heterocycles. The Kier molecular flexibility index (Phi) is 36.2. The summed E-state index contributed by atoms with van der Waals surface area (Å²) in [7, 11) is 0. The Morgan fingerprint density at radius 2 is 1.00 bits per heavy atom. The molecule has 334 valence electrons. The van der Waals surface area contributed by atoms with Gasteiger partial charge in [0.1, 0.15) is 24.4 Å². The van der Waals surface area contributed by atoms with Crippen LogP contribution in [0.5, 0.6) is 0 Å². The van der Waals surface area contributed by atoms with Gasteiger partial charge in [-0.05, 0) is 57.8 Å². The number of amides is 1. The maximum absolute atomic E-state index is 13.0. The van der Waals surface area contributed by atoms with Crippen molar-refractivity contribution in [2.24, 2.45) is 0 Å². The van der Waals surface area contributed by atoms with Crippen molar-refractivity contribution in [3.8, 4) is 0 Å². The van der Waals surface area contributed by atoms with E-state index in [0.717, 1.165) is 51.4 Å². The third-order valence-electron chi connectivity index (χ3n) is 11.2. The molecular formula is C48H89NO8. The highest BCUT2D eigenvalue weighted by Gasteiger charge is 2.44. The molecule has 0 aromatic carbocycles. The predicted octanol–water partition coefficient (Wildman–Crippen LogP) is 10.1. The number of hydrogen-bond acceptors (Lipinski definition) is 8. The lowest BCUT2D eigenvalue weighted by molar-refractivity contribution is -0.302. The molecule has 9 nitrogen and oxygen atoms in total. The summed E-state index contributed by atoms with van der Waals surface area (Å²) in [5, 5.41) is 54.2. The summed E-state index contributed by atoms with van der Waals surface area (Å²) in [6.45, 7) is 3.75. The number of hydrogen-bond donors (Lipinski definition) is 6. The SMILES string of the molecule is CCCCCCCC/C=C/CCCCCCCCCC(=O)N[C@@H](CO[C@H]1O[C@@H](CO)[C@H](O)C(O)C1O)[C@H](O)/C=C/CC/C=C/CCCCCCCCCCCCC. The third-order valence-corrected chi connectivity index (χ3v) is 11.2. The van der Waals surface area contributed by atoms with E-state index in [0.29, 0.717) is 6.42 Å². The van der Waals surface area contributed by atoms with Gasteiger partial charge in [-0.1, -0.05) is 179 Å². The second-order valence-corrected chi connectivity index (χ2v) is 16.5. The van der Waals surface area contributed by atoms with Gasteiger partial charge in [0.15, 0.2) is 6.29 Å². The van der Waals surface area contributed by atoms with Gasteiger partial charge in [0.2, 0.25) is 5.91 Å². The molecular weight excluding hydrogens is 719 g/mol. The minimum Gasteiger partial charge on any atom is -0.394 e. The van der Waals surface area contributed by atoms with Crippen LogP contribution in [0.3, 0.4) is 0 Å². The van der Waals surface area contributed by atoms with Crippen molar-refractivity contribution in [3.63, 3.8) is 0 Å². The van der Waals surface area contributed by atoms with Gasteiger partial charge in [-0.25, -0.2) is 0 Å². The van der Waals surface area contributed by atoms with Crippen LogP contribution in [0, 0.1) is 0 Å². The minimum atomic E-state index is -1.57. The number of allylic oxidation sites excluding steroid dienone is 5. The molecule has 1 amide bonds. The normalized spacial score (nSPS) is 21.3. The Morgan fingerprint density at radius 3 is 1.47 bits per heavy atom. The van der Waals surface area contributed by atoms with Gasteiger partial charge >= 0.3 is 0 Å². The Balaban J connectivity index is 2.37. The largest absolute Gasteiger partial charge is 0.394 e. The molecule has 0 aliphatic carbocycles. The monoisotopic (exact) mass is 808 g/mol. The van der Waals surface area contributed by atoms with E-state index >= 15 is 0 Å². The molecule has 2 unspecified atom stereocenters. The second-order valence-electron chi connectivity index (χ2n) is 16.5. The quantitative estimate of drug-likeness (QED) is 0.0266. The zero-order chi connectivity index (χ0) is 41.6. The molecule has 7 atom stereocenters. The molecule has 0 aromatic rings. The molecule has 1 aliphatic heterocycles. The number of carbonyl (C=O) groups is 1. The van der Waals surface area contributed by atoms with Crippen LogP contribution in [-0.2, 0) is 14.3 Å². The van der Waals surface area contributed by atoms with Crippen LogP contribution in [-0.4, -0.2) is 87.5 Å². The zero-order valence-corrected chi connectivity index (χ0v) is 36.6. The molecule has 9 heteroatoms. The van der Waals surface area contributed by atoms with Gasteiger partial charge in [-0.15, -0.1) is 0 Å². The maximum atomic E-state index is 13.0. The smallest absolute Gasteiger partial charge is 0.220 e. The number of aliphatic hydroxyl groups is 5. The molecule has 0 aromatic heterocycles. The van der Waals surface area contributed by atoms with Crippen molar-refractivity contribution in [1.82, 2.24) is 5.32 Å². The van der Waals surface area contributed by atoms with Gasteiger partial charge in [0.05, 0.1) is 25.4 Å². The molecule has 1 fully saturated rings. The Hall–Kier alpha value is -1.59. The summed E-state index contributed by atoms with van der Waals surface area (Å²) in [4.78, 5) is 13.0.